The molecule has 1 N–H and O–H groups in total. The predicted octanol–water partition coefficient (Wildman–Crippen LogP) is 4.32. The summed E-state index contributed by atoms with van der Waals surface area (Å²) in [7, 11) is 0. The van der Waals surface area contributed by atoms with Crippen LogP contribution >= 0.6 is 22.9 Å². The van der Waals surface area contributed by atoms with Crippen molar-refractivity contribution < 1.29 is 0 Å². The van der Waals surface area contributed by atoms with E-state index in [-0.39, 0.29) is 0 Å². The standard InChI is InChI=1S/C15H18N4S2/c1-10(2)14-18-15(21-19-14)16-9-5-8-13-17-11-6-3-4-7-12(11)20-13/h3-4,6-7,10H,5,8-9H2,1-2H3,(H,16,18,19). The monoisotopic (exact) mass is 318 g/mol. The number of fused-ring (bicyclic) bond motifs is 1. The van der Waals surface area contributed by atoms with Crippen molar-refractivity contribution in [1.29, 1.82) is 0 Å². The summed E-state index contributed by atoms with van der Waals surface area (Å²) >= 11 is 3.23. The van der Waals surface area contributed by atoms with Gasteiger partial charge in [0, 0.05) is 30.4 Å². The van der Waals surface area contributed by atoms with Crippen LogP contribution in [0.4, 0.5) is 5.13 Å². The average molecular weight is 318 g/mol. The highest BCUT2D eigenvalue weighted by Crippen LogP contribution is 2.22. The Labute approximate surface area is 132 Å². The summed E-state index contributed by atoms with van der Waals surface area (Å²) in [6.45, 7) is 5.13. The van der Waals surface area contributed by atoms with Gasteiger partial charge in [0.15, 0.2) is 0 Å². The fourth-order valence-corrected chi connectivity index (χ4v) is 3.74. The second-order valence-electron chi connectivity index (χ2n) is 5.22. The van der Waals surface area contributed by atoms with E-state index in [0.717, 1.165) is 35.9 Å². The second-order valence-corrected chi connectivity index (χ2v) is 7.09. The largest absolute Gasteiger partial charge is 0.360 e. The van der Waals surface area contributed by atoms with E-state index in [2.05, 4.69) is 51.7 Å². The van der Waals surface area contributed by atoms with Gasteiger partial charge >= 0.3 is 0 Å². The molecule has 0 aliphatic heterocycles. The van der Waals surface area contributed by atoms with Crippen LogP contribution in [0.25, 0.3) is 10.2 Å². The van der Waals surface area contributed by atoms with Crippen molar-refractivity contribution in [2.45, 2.75) is 32.6 Å². The lowest BCUT2D eigenvalue weighted by atomic mass is 10.2. The van der Waals surface area contributed by atoms with Crippen LogP contribution in [0.3, 0.4) is 0 Å². The Balaban J connectivity index is 1.49. The highest BCUT2D eigenvalue weighted by Gasteiger charge is 2.07. The van der Waals surface area contributed by atoms with Gasteiger partial charge in [-0.25, -0.2) is 9.97 Å². The topological polar surface area (TPSA) is 50.7 Å². The van der Waals surface area contributed by atoms with Crippen LogP contribution in [0.2, 0.25) is 0 Å². The van der Waals surface area contributed by atoms with Crippen molar-refractivity contribution in [2.75, 3.05) is 11.9 Å². The zero-order valence-electron chi connectivity index (χ0n) is 12.2. The summed E-state index contributed by atoms with van der Waals surface area (Å²) in [5.74, 6) is 1.31. The first-order chi connectivity index (χ1) is 10.2. The van der Waals surface area contributed by atoms with Crippen molar-refractivity contribution in [1.82, 2.24) is 14.3 Å². The number of hydrogen-bond acceptors (Lipinski definition) is 6. The molecule has 3 rings (SSSR count). The Hall–Kier alpha value is -1.53. The lowest BCUT2D eigenvalue weighted by molar-refractivity contribution is 0.797. The third-order valence-corrected chi connectivity index (χ3v) is 4.92. The molecule has 0 aliphatic carbocycles. The molecule has 4 nitrogen and oxygen atoms in total. The van der Waals surface area contributed by atoms with E-state index in [4.69, 9.17) is 0 Å². The Morgan fingerprint density at radius 3 is 2.81 bits per heavy atom. The summed E-state index contributed by atoms with van der Waals surface area (Å²) in [6, 6.07) is 8.30. The fraction of sp³-hybridized carbons (Fsp3) is 0.400. The van der Waals surface area contributed by atoms with Crippen LogP contribution in [0, 0.1) is 0 Å². The molecule has 1 aromatic carbocycles. The highest BCUT2D eigenvalue weighted by atomic mass is 32.1. The summed E-state index contributed by atoms with van der Waals surface area (Å²) in [6.07, 6.45) is 2.05. The number of anilines is 1. The molecular formula is C15H18N4S2. The van der Waals surface area contributed by atoms with Crippen molar-refractivity contribution in [3.8, 4) is 0 Å². The maximum atomic E-state index is 4.65. The lowest BCUT2D eigenvalue weighted by Crippen LogP contribution is -2.02. The zero-order valence-corrected chi connectivity index (χ0v) is 13.8. The summed E-state index contributed by atoms with van der Waals surface area (Å²) < 4.78 is 5.61. The van der Waals surface area contributed by atoms with Gasteiger partial charge in [-0.2, -0.15) is 4.37 Å². The maximum Gasteiger partial charge on any atom is 0.202 e. The molecule has 0 aliphatic rings. The van der Waals surface area contributed by atoms with Crippen LogP contribution in [-0.4, -0.2) is 20.9 Å². The minimum absolute atomic E-state index is 0.388. The van der Waals surface area contributed by atoms with E-state index in [1.165, 1.54) is 21.2 Å². The SMILES string of the molecule is CC(C)c1nsc(NCCCc2nc3ccccc3s2)n1. The molecule has 0 amide bonds. The summed E-state index contributed by atoms with van der Waals surface area (Å²) in [5.41, 5.74) is 1.11. The highest BCUT2D eigenvalue weighted by molar-refractivity contribution is 7.18. The molecule has 0 bridgehead atoms. The van der Waals surface area contributed by atoms with Crippen molar-refractivity contribution in [3.05, 3.63) is 35.1 Å². The number of thiazole rings is 1. The fourth-order valence-electron chi connectivity index (χ4n) is 2.00. The van der Waals surface area contributed by atoms with E-state index >= 15 is 0 Å². The van der Waals surface area contributed by atoms with E-state index in [1.54, 1.807) is 11.3 Å². The molecule has 6 heteroatoms. The first kappa shape index (κ1) is 14.4. The van der Waals surface area contributed by atoms with Crippen LogP contribution < -0.4 is 5.32 Å². The second kappa shape index (κ2) is 6.49. The molecule has 110 valence electrons. The molecule has 2 aromatic heterocycles. The van der Waals surface area contributed by atoms with Crippen molar-refractivity contribution in [3.63, 3.8) is 0 Å². The molecule has 0 saturated heterocycles. The van der Waals surface area contributed by atoms with Gasteiger partial charge in [0.2, 0.25) is 5.13 Å². The predicted molar refractivity (Wildman–Crippen MR) is 90.4 cm³/mol. The van der Waals surface area contributed by atoms with Gasteiger partial charge in [-0.3, -0.25) is 0 Å². The molecule has 2 heterocycles. The van der Waals surface area contributed by atoms with Gasteiger partial charge in [0.05, 0.1) is 15.2 Å². The maximum absolute atomic E-state index is 4.65. The van der Waals surface area contributed by atoms with Crippen LogP contribution in [0.5, 0.6) is 0 Å². The first-order valence-electron chi connectivity index (χ1n) is 7.14. The number of nitrogens with one attached hydrogen (secondary N) is 1. The number of aryl methyl sites for hydroxylation is 1. The normalized spacial score (nSPS) is 11.4. The van der Waals surface area contributed by atoms with Crippen LogP contribution in [0.15, 0.2) is 24.3 Å². The Morgan fingerprint density at radius 2 is 2.05 bits per heavy atom. The molecule has 0 fully saturated rings. The molecule has 0 unspecified atom stereocenters. The number of aromatic nitrogens is 3. The molecule has 0 atom stereocenters. The van der Waals surface area contributed by atoms with Gasteiger partial charge in [0.25, 0.3) is 0 Å². The first-order valence-corrected chi connectivity index (χ1v) is 8.73. The van der Waals surface area contributed by atoms with E-state index in [9.17, 15) is 0 Å². The van der Waals surface area contributed by atoms with Crippen molar-refractivity contribution >= 4 is 38.2 Å². The van der Waals surface area contributed by atoms with Crippen LogP contribution in [-0.2, 0) is 6.42 Å². The third-order valence-electron chi connectivity index (χ3n) is 3.14. The molecule has 0 saturated carbocycles. The van der Waals surface area contributed by atoms with Gasteiger partial charge in [-0.1, -0.05) is 26.0 Å². The Morgan fingerprint density at radius 1 is 1.19 bits per heavy atom. The van der Waals surface area contributed by atoms with E-state index in [0.29, 0.717) is 5.92 Å². The zero-order chi connectivity index (χ0) is 14.7. The lowest BCUT2D eigenvalue weighted by Gasteiger charge is -2.00. The van der Waals surface area contributed by atoms with Crippen molar-refractivity contribution in [2.24, 2.45) is 0 Å². The van der Waals surface area contributed by atoms with E-state index in [1.807, 2.05) is 6.07 Å². The quantitative estimate of drug-likeness (QED) is 0.688. The Bertz CT molecular complexity index is 684. The van der Waals surface area contributed by atoms with Gasteiger partial charge in [0.1, 0.15) is 5.82 Å². The smallest absolute Gasteiger partial charge is 0.202 e. The Kier molecular flexibility index (Phi) is 4.45. The molecule has 21 heavy (non-hydrogen) atoms. The number of hydrogen-bond donors (Lipinski definition) is 1. The molecule has 3 aromatic rings. The van der Waals surface area contributed by atoms with Gasteiger partial charge in [-0.15, -0.1) is 11.3 Å². The minimum atomic E-state index is 0.388. The summed E-state index contributed by atoms with van der Waals surface area (Å²) in [4.78, 5) is 9.12. The van der Waals surface area contributed by atoms with E-state index < -0.39 is 0 Å². The third kappa shape index (κ3) is 3.57. The number of nitrogens with zero attached hydrogens (tertiary/aromatic N) is 3. The van der Waals surface area contributed by atoms with Gasteiger partial charge < -0.3 is 5.32 Å². The number of para-hydroxylation sites is 1. The van der Waals surface area contributed by atoms with Crippen LogP contribution in [0.1, 0.15) is 37.0 Å². The average Bonchev–Trinajstić information content (AvgIpc) is 3.10. The number of rotatable bonds is 6. The minimum Gasteiger partial charge on any atom is -0.360 e. The van der Waals surface area contributed by atoms with Gasteiger partial charge in [-0.05, 0) is 18.6 Å². The molecular weight excluding hydrogens is 300 g/mol. The number of benzene rings is 1. The molecule has 0 spiro atoms. The summed E-state index contributed by atoms with van der Waals surface area (Å²) in [5, 5.41) is 5.47. The molecule has 0 radical (unpaired) electrons.